The number of nitrogens with zero attached hydrogens (tertiary/aromatic N) is 2. The van der Waals surface area contributed by atoms with Crippen molar-refractivity contribution in [2.75, 3.05) is 59.6 Å². The Balaban J connectivity index is 2.04. The summed E-state index contributed by atoms with van der Waals surface area (Å²) in [5.74, 6) is 0.0135. The number of hydrogen-bond acceptors (Lipinski definition) is 6. The lowest BCUT2D eigenvalue weighted by atomic mass is 10.2. The van der Waals surface area contributed by atoms with Crippen LogP contribution >= 0.6 is 0 Å². The number of hydrogen-bond donors (Lipinski definition) is 1. The largest absolute Gasteiger partial charge is 0.496 e. The van der Waals surface area contributed by atoms with Crippen LogP contribution in [0.2, 0.25) is 0 Å². The lowest BCUT2D eigenvalue weighted by Gasteiger charge is -2.26. The van der Waals surface area contributed by atoms with E-state index < -0.39 is 10.0 Å². The number of benzene rings is 1. The van der Waals surface area contributed by atoms with E-state index >= 15 is 0 Å². The van der Waals surface area contributed by atoms with Crippen molar-refractivity contribution < 1.29 is 22.7 Å². The Morgan fingerprint density at radius 1 is 1.25 bits per heavy atom. The van der Waals surface area contributed by atoms with Gasteiger partial charge in [-0.3, -0.25) is 9.69 Å². The number of carbonyl (C=O) groups excluding carboxylic acids is 1. The summed E-state index contributed by atoms with van der Waals surface area (Å²) in [5, 5.41) is 2.86. The minimum Gasteiger partial charge on any atom is -0.496 e. The third-order valence-corrected chi connectivity index (χ3v) is 6.85. The predicted molar refractivity (Wildman–Crippen MR) is 107 cm³/mol. The van der Waals surface area contributed by atoms with Gasteiger partial charge in [-0.2, -0.15) is 4.31 Å². The van der Waals surface area contributed by atoms with Crippen molar-refractivity contribution in [2.45, 2.75) is 25.2 Å². The second-order valence-electron chi connectivity index (χ2n) is 6.51. The van der Waals surface area contributed by atoms with Crippen molar-refractivity contribution in [3.63, 3.8) is 0 Å². The number of methoxy groups -OCH3 is 1. The molecule has 0 spiro atoms. The summed E-state index contributed by atoms with van der Waals surface area (Å²) in [5.41, 5.74) is 0.224. The fourth-order valence-electron chi connectivity index (χ4n) is 3.16. The summed E-state index contributed by atoms with van der Waals surface area (Å²) in [4.78, 5) is 15.0. The van der Waals surface area contributed by atoms with Crippen LogP contribution in [0.5, 0.6) is 5.75 Å². The van der Waals surface area contributed by atoms with Crippen molar-refractivity contribution in [3.8, 4) is 5.75 Å². The van der Waals surface area contributed by atoms with Gasteiger partial charge in [0.05, 0.1) is 30.8 Å². The first-order valence-electron chi connectivity index (χ1n) is 9.70. The zero-order valence-electron chi connectivity index (χ0n) is 16.9. The minimum atomic E-state index is -3.64. The molecule has 0 unspecified atom stereocenters. The number of ether oxygens (including phenoxy) is 2. The molecule has 0 aromatic heterocycles. The lowest BCUT2D eigenvalue weighted by molar-refractivity contribution is 0.0374. The molecular formula is C19H31N3O5S. The van der Waals surface area contributed by atoms with Crippen LogP contribution in [-0.2, 0) is 14.8 Å². The standard InChI is InChI=1S/C19H31N3O5S/c1-4-22(5-2)28(24,25)16-7-8-18(26-3)17(15-16)19(23)20-9-6-10-21-11-13-27-14-12-21/h7-8,15H,4-6,9-14H2,1-3H3,(H,20,23). The Morgan fingerprint density at radius 2 is 1.93 bits per heavy atom. The van der Waals surface area contributed by atoms with Gasteiger partial charge in [-0.25, -0.2) is 8.42 Å². The Bertz CT molecular complexity index is 744. The van der Waals surface area contributed by atoms with Gasteiger partial charge in [-0.15, -0.1) is 0 Å². The third kappa shape index (κ3) is 5.66. The Kier molecular flexibility index (Phi) is 8.68. The molecule has 9 heteroatoms. The number of rotatable bonds is 10. The van der Waals surface area contributed by atoms with Crippen LogP contribution in [0.4, 0.5) is 0 Å². The summed E-state index contributed by atoms with van der Waals surface area (Å²) < 4.78 is 37.4. The van der Waals surface area contributed by atoms with E-state index in [1.165, 1.54) is 29.6 Å². The molecule has 0 bridgehead atoms. The van der Waals surface area contributed by atoms with Gasteiger partial charge < -0.3 is 14.8 Å². The SMILES string of the molecule is CCN(CC)S(=O)(=O)c1ccc(OC)c(C(=O)NCCCN2CCOCC2)c1. The number of morpholine rings is 1. The highest BCUT2D eigenvalue weighted by molar-refractivity contribution is 7.89. The van der Waals surface area contributed by atoms with Crippen LogP contribution < -0.4 is 10.1 Å². The van der Waals surface area contributed by atoms with Crippen molar-refractivity contribution in [2.24, 2.45) is 0 Å². The molecule has 0 atom stereocenters. The summed E-state index contributed by atoms with van der Waals surface area (Å²) in [6.07, 6.45) is 0.811. The van der Waals surface area contributed by atoms with Crippen LogP contribution in [-0.4, -0.2) is 83.1 Å². The maximum absolute atomic E-state index is 12.7. The first-order valence-corrected chi connectivity index (χ1v) is 11.1. The normalized spacial score (nSPS) is 15.6. The molecule has 0 aliphatic carbocycles. The van der Waals surface area contributed by atoms with E-state index in [9.17, 15) is 13.2 Å². The van der Waals surface area contributed by atoms with Gasteiger partial charge in [0.1, 0.15) is 5.75 Å². The molecule has 1 amide bonds. The van der Waals surface area contributed by atoms with E-state index in [1.807, 2.05) is 0 Å². The number of carbonyl (C=O) groups is 1. The van der Waals surface area contributed by atoms with E-state index in [-0.39, 0.29) is 16.4 Å². The van der Waals surface area contributed by atoms with Gasteiger partial charge in [0, 0.05) is 32.7 Å². The molecule has 0 saturated carbocycles. The molecule has 1 heterocycles. The number of nitrogens with one attached hydrogen (secondary N) is 1. The average molecular weight is 414 g/mol. The summed E-state index contributed by atoms with van der Waals surface area (Å²) in [6, 6.07) is 4.39. The summed E-state index contributed by atoms with van der Waals surface area (Å²) in [7, 11) is -2.18. The van der Waals surface area contributed by atoms with Crippen LogP contribution in [0.25, 0.3) is 0 Å². The monoisotopic (exact) mass is 413 g/mol. The molecule has 1 aromatic rings. The minimum absolute atomic E-state index is 0.0930. The molecule has 1 fully saturated rings. The second-order valence-corrected chi connectivity index (χ2v) is 8.45. The predicted octanol–water partition coefficient (Wildman–Crippen LogP) is 1.18. The Morgan fingerprint density at radius 3 is 2.54 bits per heavy atom. The molecule has 2 rings (SSSR count). The van der Waals surface area contributed by atoms with E-state index in [4.69, 9.17) is 9.47 Å². The molecule has 1 aromatic carbocycles. The molecule has 8 nitrogen and oxygen atoms in total. The molecule has 1 aliphatic rings. The third-order valence-electron chi connectivity index (χ3n) is 4.80. The van der Waals surface area contributed by atoms with Crippen LogP contribution in [0.1, 0.15) is 30.6 Å². The zero-order valence-corrected chi connectivity index (χ0v) is 17.8. The van der Waals surface area contributed by atoms with E-state index in [0.29, 0.717) is 25.4 Å². The maximum atomic E-state index is 12.7. The molecule has 0 radical (unpaired) electrons. The van der Waals surface area contributed by atoms with Crippen molar-refractivity contribution in [1.82, 2.24) is 14.5 Å². The Hall–Kier alpha value is -1.68. The lowest BCUT2D eigenvalue weighted by Crippen LogP contribution is -2.38. The topological polar surface area (TPSA) is 88.2 Å². The van der Waals surface area contributed by atoms with Crippen molar-refractivity contribution >= 4 is 15.9 Å². The van der Waals surface area contributed by atoms with Crippen molar-refractivity contribution in [3.05, 3.63) is 23.8 Å². The first-order chi connectivity index (χ1) is 13.4. The van der Waals surface area contributed by atoms with E-state index in [1.54, 1.807) is 13.8 Å². The van der Waals surface area contributed by atoms with Crippen LogP contribution in [0, 0.1) is 0 Å². The molecular weight excluding hydrogens is 382 g/mol. The molecule has 1 aliphatic heterocycles. The molecule has 1 saturated heterocycles. The van der Waals surface area contributed by atoms with Crippen molar-refractivity contribution in [1.29, 1.82) is 0 Å². The van der Waals surface area contributed by atoms with Gasteiger partial charge >= 0.3 is 0 Å². The maximum Gasteiger partial charge on any atom is 0.255 e. The highest BCUT2D eigenvalue weighted by atomic mass is 32.2. The van der Waals surface area contributed by atoms with Crippen LogP contribution in [0.3, 0.4) is 0 Å². The highest BCUT2D eigenvalue weighted by Crippen LogP contribution is 2.24. The highest BCUT2D eigenvalue weighted by Gasteiger charge is 2.24. The fourth-order valence-corrected chi connectivity index (χ4v) is 4.65. The second kappa shape index (κ2) is 10.8. The van der Waals surface area contributed by atoms with E-state index in [2.05, 4.69) is 10.2 Å². The van der Waals surface area contributed by atoms with Gasteiger partial charge in [-0.1, -0.05) is 13.8 Å². The smallest absolute Gasteiger partial charge is 0.255 e. The van der Waals surface area contributed by atoms with Gasteiger partial charge in [0.2, 0.25) is 10.0 Å². The molecule has 28 heavy (non-hydrogen) atoms. The molecule has 1 N–H and O–H groups in total. The number of amides is 1. The molecule has 158 valence electrons. The van der Waals surface area contributed by atoms with E-state index in [0.717, 1.165) is 39.3 Å². The van der Waals surface area contributed by atoms with Crippen LogP contribution in [0.15, 0.2) is 23.1 Å². The van der Waals surface area contributed by atoms with Gasteiger partial charge in [-0.05, 0) is 31.2 Å². The zero-order chi connectivity index (χ0) is 20.6. The average Bonchev–Trinajstić information content (AvgIpc) is 2.72. The summed E-state index contributed by atoms with van der Waals surface area (Å²) >= 11 is 0. The fraction of sp³-hybridized carbons (Fsp3) is 0.632. The quantitative estimate of drug-likeness (QED) is 0.580. The van der Waals surface area contributed by atoms with Gasteiger partial charge in [0.15, 0.2) is 0 Å². The number of sulfonamides is 1. The van der Waals surface area contributed by atoms with Gasteiger partial charge in [0.25, 0.3) is 5.91 Å². The summed E-state index contributed by atoms with van der Waals surface area (Å²) in [6.45, 7) is 9.01. The Labute approximate surface area is 167 Å². The first kappa shape index (κ1) is 22.6.